The van der Waals surface area contributed by atoms with Crippen molar-refractivity contribution in [3.8, 4) is 16.3 Å². The van der Waals surface area contributed by atoms with Gasteiger partial charge in [0.15, 0.2) is 0 Å². The first-order valence-corrected chi connectivity index (χ1v) is 11.4. The Morgan fingerprint density at radius 3 is 2.81 bits per heavy atom. The second-order valence-electron chi connectivity index (χ2n) is 8.16. The van der Waals surface area contributed by atoms with Crippen molar-refractivity contribution < 1.29 is 14.3 Å². The van der Waals surface area contributed by atoms with Crippen molar-refractivity contribution in [3.05, 3.63) is 52.8 Å². The van der Waals surface area contributed by atoms with E-state index in [1.807, 2.05) is 36.2 Å². The fourth-order valence-corrected chi connectivity index (χ4v) is 5.72. The van der Waals surface area contributed by atoms with Gasteiger partial charge in [0, 0.05) is 30.6 Å². The van der Waals surface area contributed by atoms with Gasteiger partial charge in [0.2, 0.25) is 5.91 Å². The van der Waals surface area contributed by atoms with Gasteiger partial charge in [-0.1, -0.05) is 0 Å². The van der Waals surface area contributed by atoms with E-state index in [0.29, 0.717) is 19.6 Å². The average molecular weight is 439 g/mol. The summed E-state index contributed by atoms with van der Waals surface area (Å²) >= 11 is 1.81. The van der Waals surface area contributed by atoms with Crippen molar-refractivity contribution in [2.45, 2.75) is 38.3 Å². The van der Waals surface area contributed by atoms with Crippen molar-refractivity contribution >= 4 is 17.2 Å². The van der Waals surface area contributed by atoms with Crippen LogP contribution in [0.3, 0.4) is 0 Å². The van der Waals surface area contributed by atoms with E-state index in [1.54, 1.807) is 29.3 Å². The molecule has 8 heteroatoms. The minimum absolute atomic E-state index is 0.113. The predicted molar refractivity (Wildman–Crippen MR) is 118 cm³/mol. The van der Waals surface area contributed by atoms with E-state index in [0.717, 1.165) is 47.9 Å². The smallest absolute Gasteiger partial charge is 0.244 e. The molecule has 0 aromatic carbocycles. The molecule has 0 radical (unpaired) electrons. The number of likely N-dealkylation sites (tertiary alicyclic amines) is 1. The van der Waals surface area contributed by atoms with Crippen LogP contribution in [-0.2, 0) is 28.1 Å². The summed E-state index contributed by atoms with van der Waals surface area (Å²) in [4.78, 5) is 21.8. The van der Waals surface area contributed by atoms with E-state index in [-0.39, 0.29) is 11.5 Å². The lowest BCUT2D eigenvalue weighted by molar-refractivity contribution is -0.141. The van der Waals surface area contributed by atoms with E-state index in [1.165, 1.54) is 10.4 Å². The monoisotopic (exact) mass is 438 g/mol. The minimum atomic E-state index is -0.298. The summed E-state index contributed by atoms with van der Waals surface area (Å²) in [7, 11) is 1.65. The first kappa shape index (κ1) is 20.2. The lowest BCUT2D eigenvalue weighted by atomic mass is 9.82. The summed E-state index contributed by atoms with van der Waals surface area (Å²) in [6.45, 7) is 4.34. The Balaban J connectivity index is 1.32. The topological polar surface area (TPSA) is 69.5 Å². The Morgan fingerprint density at radius 2 is 2.13 bits per heavy atom. The largest absolute Gasteiger partial charge is 0.495 e. The van der Waals surface area contributed by atoms with Crippen LogP contribution in [0.1, 0.15) is 29.0 Å². The number of carbonyl (C=O) groups excluding carboxylic acids is 1. The standard InChI is InChI=1S/C23H26N4O3S/c1-16-5-9-27(25-16)15-22(28)26-10-7-23(8-11-26)18-13-21(31-20(18)6-12-30-23)19-4-3-17(29-2)14-24-19/h3-5,9,13-14H,6-8,10-12,15H2,1-2H3. The van der Waals surface area contributed by atoms with E-state index in [2.05, 4.69) is 16.1 Å². The first-order chi connectivity index (χ1) is 15.1. The number of piperidine rings is 1. The maximum atomic E-state index is 12.7. The fourth-order valence-electron chi connectivity index (χ4n) is 4.51. The number of carbonyl (C=O) groups is 1. The quantitative estimate of drug-likeness (QED) is 0.624. The van der Waals surface area contributed by atoms with E-state index in [9.17, 15) is 4.79 Å². The molecule has 1 spiro atoms. The van der Waals surface area contributed by atoms with Crippen LogP contribution in [0.2, 0.25) is 0 Å². The second-order valence-corrected chi connectivity index (χ2v) is 9.30. The van der Waals surface area contributed by atoms with Crippen molar-refractivity contribution in [1.29, 1.82) is 0 Å². The molecule has 0 N–H and O–H groups in total. The Bertz CT molecular complexity index is 1080. The summed E-state index contributed by atoms with van der Waals surface area (Å²) in [5.41, 5.74) is 2.87. The number of fused-ring (bicyclic) bond motifs is 2. The van der Waals surface area contributed by atoms with Crippen LogP contribution < -0.4 is 4.74 Å². The molecule has 7 nitrogen and oxygen atoms in total. The first-order valence-electron chi connectivity index (χ1n) is 10.6. The van der Waals surface area contributed by atoms with Crippen LogP contribution in [0.5, 0.6) is 5.75 Å². The zero-order valence-electron chi connectivity index (χ0n) is 17.8. The van der Waals surface area contributed by atoms with Gasteiger partial charge in [-0.25, -0.2) is 0 Å². The Labute approximate surface area is 185 Å². The number of hydrogen-bond donors (Lipinski definition) is 0. The Hall–Kier alpha value is -2.71. The van der Waals surface area contributed by atoms with Gasteiger partial charge in [0.05, 0.1) is 41.8 Å². The molecule has 3 aromatic heterocycles. The van der Waals surface area contributed by atoms with E-state index < -0.39 is 0 Å². The number of amides is 1. The number of aryl methyl sites for hydroxylation is 1. The molecule has 2 aliphatic rings. The van der Waals surface area contributed by atoms with E-state index in [4.69, 9.17) is 9.47 Å². The number of thiophene rings is 1. The zero-order chi connectivity index (χ0) is 21.4. The average Bonchev–Trinajstić information content (AvgIpc) is 3.41. The molecule has 5 heterocycles. The van der Waals surface area contributed by atoms with Crippen LogP contribution in [0, 0.1) is 6.92 Å². The van der Waals surface area contributed by atoms with Gasteiger partial charge in [0.1, 0.15) is 12.3 Å². The van der Waals surface area contributed by atoms with Crippen molar-refractivity contribution in [2.24, 2.45) is 0 Å². The minimum Gasteiger partial charge on any atom is -0.495 e. The molecule has 1 amide bonds. The van der Waals surface area contributed by atoms with Gasteiger partial charge in [-0.3, -0.25) is 14.5 Å². The number of pyridine rings is 1. The third-order valence-corrected chi connectivity index (χ3v) is 7.44. The molecule has 0 saturated carbocycles. The maximum absolute atomic E-state index is 12.7. The summed E-state index contributed by atoms with van der Waals surface area (Å²) in [5.74, 6) is 0.870. The summed E-state index contributed by atoms with van der Waals surface area (Å²) in [6, 6.07) is 8.11. The number of rotatable bonds is 4. The lowest BCUT2D eigenvalue weighted by Crippen LogP contribution is -2.48. The molecule has 1 fully saturated rings. The SMILES string of the molecule is COc1ccc(-c2cc3c(s2)CCOC32CCN(C(=O)Cn3ccc(C)n3)CC2)nc1. The highest BCUT2D eigenvalue weighted by Gasteiger charge is 2.42. The maximum Gasteiger partial charge on any atom is 0.244 e. The molecule has 2 aliphatic heterocycles. The molecule has 0 atom stereocenters. The molecule has 0 aliphatic carbocycles. The van der Waals surface area contributed by atoms with Crippen LogP contribution in [-0.4, -0.2) is 52.4 Å². The second kappa shape index (κ2) is 8.09. The van der Waals surface area contributed by atoms with Gasteiger partial charge in [-0.2, -0.15) is 5.10 Å². The van der Waals surface area contributed by atoms with Crippen molar-refractivity contribution in [1.82, 2.24) is 19.7 Å². The van der Waals surface area contributed by atoms with Crippen LogP contribution in [0.25, 0.3) is 10.6 Å². The highest BCUT2D eigenvalue weighted by Crippen LogP contribution is 2.46. The highest BCUT2D eigenvalue weighted by atomic mass is 32.1. The van der Waals surface area contributed by atoms with Crippen LogP contribution >= 0.6 is 11.3 Å². The zero-order valence-corrected chi connectivity index (χ0v) is 18.7. The number of methoxy groups -OCH3 is 1. The molecule has 162 valence electrons. The summed E-state index contributed by atoms with van der Waals surface area (Å²) < 4.78 is 13.3. The third-order valence-electron chi connectivity index (χ3n) is 6.23. The van der Waals surface area contributed by atoms with Gasteiger partial charge in [-0.15, -0.1) is 11.3 Å². The normalized spacial score (nSPS) is 17.5. The molecule has 0 bridgehead atoms. The molecular weight excluding hydrogens is 412 g/mol. The van der Waals surface area contributed by atoms with Crippen molar-refractivity contribution in [2.75, 3.05) is 26.8 Å². The van der Waals surface area contributed by atoms with Crippen molar-refractivity contribution in [3.63, 3.8) is 0 Å². The van der Waals surface area contributed by atoms with Gasteiger partial charge < -0.3 is 14.4 Å². The number of ether oxygens (including phenoxy) is 2. The van der Waals surface area contributed by atoms with Crippen LogP contribution in [0.15, 0.2) is 36.7 Å². The predicted octanol–water partition coefficient (Wildman–Crippen LogP) is 3.41. The highest BCUT2D eigenvalue weighted by molar-refractivity contribution is 7.15. The molecular formula is C23H26N4O3S. The van der Waals surface area contributed by atoms with Crippen LogP contribution in [0.4, 0.5) is 0 Å². The molecule has 5 rings (SSSR count). The molecule has 3 aromatic rings. The van der Waals surface area contributed by atoms with Gasteiger partial charge in [0.25, 0.3) is 0 Å². The summed E-state index contributed by atoms with van der Waals surface area (Å²) in [6.07, 6.45) is 6.17. The lowest BCUT2D eigenvalue weighted by Gasteiger charge is -2.44. The van der Waals surface area contributed by atoms with Gasteiger partial charge in [-0.05, 0) is 49.6 Å². The van der Waals surface area contributed by atoms with Gasteiger partial charge >= 0.3 is 0 Å². The number of aromatic nitrogens is 3. The third kappa shape index (κ3) is 3.85. The number of nitrogens with zero attached hydrogens (tertiary/aromatic N) is 4. The number of hydrogen-bond acceptors (Lipinski definition) is 6. The Morgan fingerprint density at radius 1 is 1.29 bits per heavy atom. The fraction of sp³-hybridized carbons (Fsp3) is 0.435. The Kier molecular flexibility index (Phi) is 5.27. The molecule has 1 saturated heterocycles. The molecule has 0 unspecified atom stereocenters. The molecule has 31 heavy (non-hydrogen) atoms. The van der Waals surface area contributed by atoms with E-state index >= 15 is 0 Å². The summed E-state index contributed by atoms with van der Waals surface area (Å²) in [5, 5.41) is 4.33.